The number of nitrogen functional groups attached to an aromatic ring is 1. The van der Waals surface area contributed by atoms with Gasteiger partial charge in [-0.1, -0.05) is 0 Å². The van der Waals surface area contributed by atoms with Crippen LogP contribution < -0.4 is 16.6 Å². The zero-order chi connectivity index (χ0) is 17.3. The van der Waals surface area contributed by atoms with E-state index >= 15 is 0 Å². The zero-order valence-corrected chi connectivity index (χ0v) is 13.3. The van der Waals surface area contributed by atoms with Gasteiger partial charge in [-0.15, -0.1) is 0 Å². The Morgan fingerprint density at radius 2 is 2.21 bits per heavy atom. The molecule has 1 aromatic rings. The number of nitrogens with two attached hydrogens (primary N) is 1. The largest absolute Gasteiger partial charge is 0.369 e. The number of nitrogens with one attached hydrogen (secondary N) is 2. The minimum atomic E-state index is -3.40. The molecule has 11 nitrogen and oxygen atoms in total. The molecule has 0 aliphatic carbocycles. The van der Waals surface area contributed by atoms with Gasteiger partial charge in [-0.3, -0.25) is 9.78 Å². The Labute approximate surface area is 135 Å². The number of fused-ring (bicyclic) bond motifs is 3. The van der Waals surface area contributed by atoms with Crippen LogP contribution in [0.4, 0.5) is 11.8 Å². The summed E-state index contributed by atoms with van der Waals surface area (Å²) in [6.07, 6.45) is 0.439. The van der Waals surface area contributed by atoms with Crippen molar-refractivity contribution in [2.45, 2.75) is 30.6 Å². The summed E-state index contributed by atoms with van der Waals surface area (Å²) in [5.74, 6) is -3.14. The number of hydrogen-bond donors (Lipinski definition) is 6. The molecule has 7 N–H and O–H groups in total. The molecule has 0 spiro atoms. The van der Waals surface area contributed by atoms with E-state index in [1.54, 1.807) is 0 Å². The van der Waals surface area contributed by atoms with E-state index < -0.39 is 43.3 Å². The maximum atomic E-state index is 12.0. The van der Waals surface area contributed by atoms with Crippen LogP contribution in [-0.2, 0) is 20.2 Å². The summed E-state index contributed by atoms with van der Waals surface area (Å²) in [7, 11) is -3.40. The van der Waals surface area contributed by atoms with Crippen LogP contribution in [0.15, 0.2) is 4.79 Å². The fraction of sp³-hybridized carbons (Fsp3) is 0.583. The quantitative estimate of drug-likeness (QED) is 0.223. The van der Waals surface area contributed by atoms with Crippen LogP contribution in [0.2, 0.25) is 0 Å². The number of H-pyrrole nitrogens is 1. The molecule has 0 aromatic carbocycles. The fourth-order valence-corrected chi connectivity index (χ4v) is 4.39. The molecule has 0 radical (unpaired) electrons. The van der Waals surface area contributed by atoms with Gasteiger partial charge in [-0.05, 0) is 12.7 Å². The molecular formula is C12H17N4O7P. The molecule has 3 aliphatic heterocycles. The lowest BCUT2D eigenvalue weighted by Crippen LogP contribution is -2.68. The molecule has 1 aromatic heterocycles. The molecule has 3 aliphatic rings. The van der Waals surface area contributed by atoms with Gasteiger partial charge in [0.15, 0.2) is 0 Å². The molecule has 24 heavy (non-hydrogen) atoms. The summed E-state index contributed by atoms with van der Waals surface area (Å²) < 4.78 is 16.1. The highest BCUT2D eigenvalue weighted by atomic mass is 31.2. The Hall–Kier alpha value is -1.46. The predicted octanol–water partition coefficient (Wildman–Crippen LogP) is -2.06. The van der Waals surface area contributed by atoms with E-state index in [1.165, 1.54) is 0 Å². The number of anilines is 2. The van der Waals surface area contributed by atoms with E-state index in [0.717, 1.165) is 0 Å². The number of ether oxygens (including phenoxy) is 1. The predicted molar refractivity (Wildman–Crippen MR) is 83.0 cm³/mol. The minimum Gasteiger partial charge on any atom is -0.369 e. The normalized spacial score (nSPS) is 40.0. The topological polar surface area (TPSA) is 172 Å². The monoisotopic (exact) mass is 360 g/mol. The van der Waals surface area contributed by atoms with Crippen molar-refractivity contribution in [2.75, 3.05) is 17.7 Å². The van der Waals surface area contributed by atoms with Crippen molar-refractivity contribution in [2.24, 2.45) is 5.92 Å². The lowest BCUT2D eigenvalue weighted by Gasteiger charge is -2.53. The highest BCUT2D eigenvalue weighted by Crippen LogP contribution is 2.53. The first-order valence-corrected chi connectivity index (χ1v) is 8.98. The molecule has 2 fully saturated rings. The number of aromatic nitrogens is 2. The highest BCUT2D eigenvalue weighted by molar-refractivity contribution is 7.58. The first kappa shape index (κ1) is 16.0. The molecule has 12 heteroatoms. The number of hydrogen-bond acceptors (Lipinski definition) is 10. The zero-order valence-electron chi connectivity index (χ0n) is 12.4. The third-order valence-corrected chi connectivity index (χ3v) is 5.55. The van der Waals surface area contributed by atoms with Gasteiger partial charge in [0.25, 0.3) is 5.56 Å². The summed E-state index contributed by atoms with van der Waals surface area (Å²) in [5, 5.41) is 24.1. The average molecular weight is 360 g/mol. The second-order valence-electron chi connectivity index (χ2n) is 6.07. The van der Waals surface area contributed by atoms with Crippen LogP contribution in [0.25, 0.3) is 0 Å². The highest BCUT2D eigenvalue weighted by Gasteiger charge is 2.60. The number of aliphatic hydroxyl groups is 2. The van der Waals surface area contributed by atoms with Crippen LogP contribution in [0.3, 0.4) is 0 Å². The van der Waals surface area contributed by atoms with Gasteiger partial charge in [-0.25, -0.2) is 0 Å². The Kier molecular flexibility index (Phi) is 3.35. The summed E-state index contributed by atoms with van der Waals surface area (Å²) in [5.41, 5.74) is 5.27. The standard InChI is InChI=1S/C12H17N4O7P/c1-24(20)21-3-6-7(23-24)12(18,19)5-2-4-8(14-10(5)22-6)15-11(13)16-9(4)17/h5-7,10,18-20H,1-3H2,(H4,13,14,15,16,17)/t5-,6-,7+,10-,24?/m1/s1. The molecular weight excluding hydrogens is 343 g/mol. The second-order valence-corrected chi connectivity index (χ2v) is 7.81. The smallest absolute Gasteiger partial charge is 0.257 e. The van der Waals surface area contributed by atoms with Crippen LogP contribution in [0.5, 0.6) is 0 Å². The van der Waals surface area contributed by atoms with Crippen LogP contribution in [0.1, 0.15) is 5.56 Å². The number of rotatable bonds is 0. The summed E-state index contributed by atoms with van der Waals surface area (Å²) in [6, 6.07) is 0. The summed E-state index contributed by atoms with van der Waals surface area (Å²) in [6.45, 7) is -0.107. The molecule has 2 saturated heterocycles. The van der Waals surface area contributed by atoms with Gasteiger partial charge in [0.2, 0.25) is 19.3 Å². The Morgan fingerprint density at radius 3 is 2.96 bits per heavy atom. The van der Waals surface area contributed by atoms with Gasteiger partial charge >= 0.3 is 0 Å². The van der Waals surface area contributed by atoms with Crippen molar-refractivity contribution in [3.05, 3.63) is 15.9 Å². The van der Waals surface area contributed by atoms with E-state index in [9.17, 15) is 19.9 Å². The number of nitrogens with zero attached hydrogens (tertiary/aromatic N) is 1. The Balaban J connectivity index is 1.73. The van der Waals surface area contributed by atoms with Crippen molar-refractivity contribution in [1.29, 1.82) is 0 Å². The second kappa shape index (κ2) is 5.02. The average Bonchev–Trinajstić information content (AvgIpc) is 2.47. The lowest BCUT2D eigenvalue weighted by atomic mass is 9.80. The van der Waals surface area contributed by atoms with Crippen LogP contribution in [0, 0.1) is 5.92 Å². The molecule has 0 bridgehead atoms. The van der Waals surface area contributed by atoms with E-state index in [0.29, 0.717) is 0 Å². The van der Waals surface area contributed by atoms with Crippen molar-refractivity contribution in [3.63, 3.8) is 0 Å². The molecule has 5 atom stereocenters. The fourth-order valence-electron chi connectivity index (χ4n) is 3.30. The minimum absolute atomic E-state index is 0.0237. The SMILES string of the molecule is C=P1(O)OC[C@H]2O[C@H]3Nc4nc(N)[nH]c(=O)c4C[C@H]3C(O)(O)[C@H]2O1. The van der Waals surface area contributed by atoms with E-state index in [2.05, 4.69) is 21.6 Å². The van der Waals surface area contributed by atoms with Crippen molar-refractivity contribution in [3.8, 4) is 0 Å². The molecule has 4 rings (SSSR count). The van der Waals surface area contributed by atoms with Gasteiger partial charge in [0.1, 0.15) is 24.3 Å². The summed E-state index contributed by atoms with van der Waals surface area (Å²) in [4.78, 5) is 28.3. The van der Waals surface area contributed by atoms with Gasteiger partial charge in [0.05, 0.1) is 18.1 Å². The Morgan fingerprint density at radius 1 is 1.46 bits per heavy atom. The first-order valence-electron chi connectivity index (χ1n) is 7.22. The van der Waals surface area contributed by atoms with Gasteiger partial charge in [-0.2, -0.15) is 4.98 Å². The van der Waals surface area contributed by atoms with Crippen molar-refractivity contribution >= 4 is 25.6 Å². The molecule has 4 heterocycles. The Bertz CT molecular complexity index is 796. The van der Waals surface area contributed by atoms with E-state index in [1.807, 2.05) is 0 Å². The lowest BCUT2D eigenvalue weighted by molar-refractivity contribution is -0.335. The molecule has 0 saturated carbocycles. The third kappa shape index (κ3) is 2.37. The van der Waals surface area contributed by atoms with Gasteiger partial charge in [0, 0.05) is 0 Å². The van der Waals surface area contributed by atoms with Gasteiger partial charge < -0.3 is 39.9 Å². The van der Waals surface area contributed by atoms with E-state index in [-0.39, 0.29) is 30.4 Å². The number of aromatic amines is 1. The molecule has 132 valence electrons. The van der Waals surface area contributed by atoms with Crippen molar-refractivity contribution in [1.82, 2.24) is 9.97 Å². The van der Waals surface area contributed by atoms with Crippen LogP contribution >= 0.6 is 7.57 Å². The molecule has 1 unspecified atom stereocenters. The third-order valence-electron chi connectivity index (χ3n) is 4.44. The first-order chi connectivity index (χ1) is 11.2. The maximum Gasteiger partial charge on any atom is 0.257 e. The molecule has 0 amide bonds. The van der Waals surface area contributed by atoms with Crippen molar-refractivity contribution < 1.29 is 28.9 Å². The van der Waals surface area contributed by atoms with Crippen LogP contribution in [-0.4, -0.2) is 62.2 Å². The maximum absolute atomic E-state index is 12.0. The summed E-state index contributed by atoms with van der Waals surface area (Å²) >= 11 is 0. The van der Waals surface area contributed by atoms with E-state index in [4.69, 9.17) is 19.5 Å².